The molecule has 3 nitrogen and oxygen atoms in total. The highest BCUT2D eigenvalue weighted by Crippen LogP contribution is 2.37. The lowest BCUT2D eigenvalue weighted by Crippen LogP contribution is -2.43. The zero-order chi connectivity index (χ0) is 15.5. The molecule has 2 atom stereocenters. The van der Waals surface area contributed by atoms with E-state index in [1.54, 1.807) is 0 Å². The van der Waals surface area contributed by atoms with Crippen LogP contribution in [0.25, 0.3) is 0 Å². The Hall–Kier alpha value is -1.77. The van der Waals surface area contributed by atoms with Crippen LogP contribution in [-0.4, -0.2) is 23.1 Å². The normalized spacial score (nSPS) is 23.6. The molecule has 3 heteroatoms. The minimum atomic E-state index is -0.156. The van der Waals surface area contributed by atoms with Gasteiger partial charge < -0.3 is 4.74 Å². The summed E-state index contributed by atoms with van der Waals surface area (Å²) in [6.07, 6.45) is 6.51. The summed E-state index contributed by atoms with van der Waals surface area (Å²) in [4.78, 5) is 14.4. The zero-order valence-electron chi connectivity index (χ0n) is 13.5. The summed E-state index contributed by atoms with van der Waals surface area (Å²) in [5.74, 6) is 0.683. The van der Waals surface area contributed by atoms with Crippen molar-refractivity contribution >= 4 is 6.09 Å². The molecule has 2 unspecified atom stereocenters. The van der Waals surface area contributed by atoms with Gasteiger partial charge in [-0.25, -0.2) is 4.79 Å². The molecule has 2 aliphatic heterocycles. The van der Waals surface area contributed by atoms with Gasteiger partial charge in [0.05, 0.1) is 6.04 Å². The Balaban J connectivity index is 1.61. The Bertz CT molecular complexity index is 550. The van der Waals surface area contributed by atoms with E-state index in [0.29, 0.717) is 18.6 Å². The predicted molar refractivity (Wildman–Crippen MR) is 87.4 cm³/mol. The molecule has 1 fully saturated rings. The van der Waals surface area contributed by atoms with E-state index in [2.05, 4.69) is 19.9 Å². The second-order valence-electron chi connectivity index (χ2n) is 6.87. The topological polar surface area (TPSA) is 29.5 Å². The van der Waals surface area contributed by atoms with E-state index in [-0.39, 0.29) is 12.1 Å². The first-order valence-electron chi connectivity index (χ1n) is 8.32. The first-order valence-corrected chi connectivity index (χ1v) is 8.32. The van der Waals surface area contributed by atoms with Gasteiger partial charge >= 0.3 is 6.09 Å². The van der Waals surface area contributed by atoms with Gasteiger partial charge in [-0.2, -0.15) is 0 Å². The summed E-state index contributed by atoms with van der Waals surface area (Å²) < 4.78 is 5.52. The molecule has 0 spiro atoms. The quantitative estimate of drug-likeness (QED) is 0.764. The highest BCUT2D eigenvalue weighted by atomic mass is 16.6. The van der Waals surface area contributed by atoms with Crippen molar-refractivity contribution in [1.29, 1.82) is 0 Å². The van der Waals surface area contributed by atoms with Crippen LogP contribution in [0.2, 0.25) is 0 Å². The monoisotopic (exact) mass is 299 g/mol. The largest absolute Gasteiger partial charge is 0.445 e. The van der Waals surface area contributed by atoms with Gasteiger partial charge in [0.1, 0.15) is 6.61 Å². The number of hydrogen-bond donors (Lipinski definition) is 0. The fraction of sp³-hybridized carbons (Fsp3) is 0.526. The molecule has 2 aliphatic rings. The van der Waals surface area contributed by atoms with E-state index in [4.69, 9.17) is 4.74 Å². The fourth-order valence-corrected chi connectivity index (χ4v) is 3.67. The molecule has 1 amide bonds. The van der Waals surface area contributed by atoms with Crippen molar-refractivity contribution < 1.29 is 9.53 Å². The first kappa shape index (κ1) is 15.1. The molecule has 0 aliphatic carbocycles. The third-order valence-corrected chi connectivity index (χ3v) is 4.56. The van der Waals surface area contributed by atoms with E-state index in [1.165, 1.54) is 5.57 Å². The average molecular weight is 299 g/mol. The van der Waals surface area contributed by atoms with Crippen molar-refractivity contribution in [2.45, 2.75) is 58.2 Å². The maximum Gasteiger partial charge on any atom is 0.410 e. The van der Waals surface area contributed by atoms with Gasteiger partial charge in [0.25, 0.3) is 0 Å². The second-order valence-corrected chi connectivity index (χ2v) is 6.87. The van der Waals surface area contributed by atoms with Crippen molar-refractivity contribution in [1.82, 2.24) is 4.90 Å². The smallest absolute Gasteiger partial charge is 0.410 e. The van der Waals surface area contributed by atoms with Crippen LogP contribution in [0.1, 0.15) is 45.1 Å². The van der Waals surface area contributed by atoms with Crippen molar-refractivity contribution in [2.75, 3.05) is 0 Å². The minimum absolute atomic E-state index is 0.156. The third-order valence-electron chi connectivity index (χ3n) is 4.56. The number of carbonyl (C=O) groups excluding carboxylic acids is 1. The molecule has 0 aromatic heterocycles. The van der Waals surface area contributed by atoms with Gasteiger partial charge in [0.15, 0.2) is 0 Å². The third kappa shape index (κ3) is 3.34. The van der Waals surface area contributed by atoms with Gasteiger partial charge in [-0.15, -0.1) is 0 Å². The number of rotatable bonds is 4. The van der Waals surface area contributed by atoms with E-state index in [0.717, 1.165) is 31.2 Å². The number of nitrogens with zero attached hydrogens (tertiary/aromatic N) is 1. The van der Waals surface area contributed by atoms with Crippen molar-refractivity contribution in [3.63, 3.8) is 0 Å². The molecule has 0 saturated carbocycles. The molecule has 2 bridgehead atoms. The Morgan fingerprint density at radius 3 is 2.73 bits per heavy atom. The highest BCUT2D eigenvalue weighted by Gasteiger charge is 2.40. The molecule has 0 radical (unpaired) electrons. The van der Waals surface area contributed by atoms with Crippen LogP contribution in [-0.2, 0) is 11.3 Å². The maximum absolute atomic E-state index is 12.4. The van der Waals surface area contributed by atoms with Gasteiger partial charge in [-0.3, -0.25) is 4.90 Å². The Labute approximate surface area is 133 Å². The lowest BCUT2D eigenvalue weighted by molar-refractivity contribution is 0.0813. The summed E-state index contributed by atoms with van der Waals surface area (Å²) >= 11 is 0. The fourth-order valence-electron chi connectivity index (χ4n) is 3.67. The predicted octanol–water partition coefficient (Wildman–Crippen LogP) is 4.53. The van der Waals surface area contributed by atoms with Crippen LogP contribution in [0.3, 0.4) is 0 Å². The van der Waals surface area contributed by atoms with Crippen LogP contribution in [0.15, 0.2) is 42.0 Å². The number of carbonyl (C=O) groups is 1. The summed E-state index contributed by atoms with van der Waals surface area (Å²) in [5.41, 5.74) is 2.56. The van der Waals surface area contributed by atoms with E-state index in [1.807, 2.05) is 35.2 Å². The first-order chi connectivity index (χ1) is 10.6. The molecule has 2 heterocycles. The van der Waals surface area contributed by atoms with Crippen molar-refractivity contribution in [3.8, 4) is 0 Å². The van der Waals surface area contributed by atoms with Crippen molar-refractivity contribution in [2.24, 2.45) is 5.92 Å². The lowest BCUT2D eigenvalue weighted by Gasteiger charge is -2.33. The van der Waals surface area contributed by atoms with E-state index in [9.17, 15) is 4.79 Å². The van der Waals surface area contributed by atoms with E-state index < -0.39 is 0 Å². The van der Waals surface area contributed by atoms with Gasteiger partial charge in [0, 0.05) is 6.04 Å². The maximum atomic E-state index is 12.4. The number of ether oxygens (including phenoxy) is 1. The summed E-state index contributed by atoms with van der Waals surface area (Å²) in [5, 5.41) is 0. The SMILES string of the molecule is CC(C)CC1=CC2CCC(C1)N2C(=O)OCc1ccccc1. The van der Waals surface area contributed by atoms with Crippen LogP contribution >= 0.6 is 0 Å². The molecule has 0 N–H and O–H groups in total. The zero-order valence-corrected chi connectivity index (χ0v) is 13.5. The number of fused-ring (bicyclic) bond motifs is 2. The van der Waals surface area contributed by atoms with Crippen LogP contribution in [0.4, 0.5) is 4.79 Å². The second kappa shape index (κ2) is 6.55. The summed E-state index contributed by atoms with van der Waals surface area (Å²) in [7, 11) is 0. The standard InChI is InChI=1S/C19H25NO2/c1-14(2)10-16-11-17-8-9-18(12-16)20(17)19(21)22-13-15-6-4-3-5-7-15/h3-7,11,14,17-18H,8-10,12-13H2,1-2H3. The Kier molecular flexibility index (Phi) is 4.51. The molecular weight excluding hydrogens is 274 g/mol. The molecule has 22 heavy (non-hydrogen) atoms. The van der Waals surface area contributed by atoms with Crippen molar-refractivity contribution in [3.05, 3.63) is 47.5 Å². The highest BCUT2D eigenvalue weighted by molar-refractivity contribution is 5.70. The summed E-state index contributed by atoms with van der Waals surface area (Å²) in [6.45, 7) is 4.87. The number of benzene rings is 1. The molecule has 1 saturated heterocycles. The number of amides is 1. The lowest BCUT2D eigenvalue weighted by atomic mass is 9.94. The van der Waals surface area contributed by atoms with Crippen LogP contribution in [0, 0.1) is 5.92 Å². The van der Waals surface area contributed by atoms with Crippen LogP contribution in [0.5, 0.6) is 0 Å². The molecule has 1 aromatic rings. The Morgan fingerprint density at radius 2 is 2.05 bits per heavy atom. The Morgan fingerprint density at radius 1 is 1.27 bits per heavy atom. The molecule has 1 aromatic carbocycles. The van der Waals surface area contributed by atoms with Crippen LogP contribution < -0.4 is 0 Å². The minimum Gasteiger partial charge on any atom is -0.445 e. The summed E-state index contributed by atoms with van der Waals surface area (Å²) in [6, 6.07) is 10.5. The molecular formula is C19H25NO2. The number of hydrogen-bond acceptors (Lipinski definition) is 2. The van der Waals surface area contributed by atoms with Gasteiger partial charge in [-0.05, 0) is 37.2 Å². The van der Waals surface area contributed by atoms with Gasteiger partial charge in [-0.1, -0.05) is 55.8 Å². The molecule has 118 valence electrons. The van der Waals surface area contributed by atoms with Gasteiger partial charge in [0.2, 0.25) is 0 Å². The molecule has 3 rings (SSSR count). The van der Waals surface area contributed by atoms with E-state index >= 15 is 0 Å². The average Bonchev–Trinajstić information content (AvgIpc) is 2.77.